The number of rotatable bonds is 6. The molecule has 25 heavy (non-hydrogen) atoms. The number of guanidine groups is 1. The second kappa shape index (κ2) is 9.91. The Morgan fingerprint density at radius 1 is 1.16 bits per heavy atom. The van der Waals surface area contributed by atoms with Crippen LogP contribution in [0.3, 0.4) is 0 Å². The zero-order valence-electron chi connectivity index (χ0n) is 12.9. The summed E-state index contributed by atoms with van der Waals surface area (Å²) >= 11 is 0. The Labute approximate surface area is 159 Å². The number of halogens is 4. The van der Waals surface area contributed by atoms with E-state index in [0.717, 1.165) is 0 Å². The zero-order valence-corrected chi connectivity index (χ0v) is 15.2. The molecule has 1 aromatic heterocycles. The van der Waals surface area contributed by atoms with Crippen molar-refractivity contribution in [2.45, 2.75) is 6.36 Å². The van der Waals surface area contributed by atoms with Crippen LogP contribution in [0.5, 0.6) is 11.5 Å². The Kier molecular flexibility index (Phi) is 8.25. The number of hydrogen-bond acceptors (Lipinski definition) is 4. The fourth-order valence-electron chi connectivity index (χ4n) is 1.69. The van der Waals surface area contributed by atoms with Crippen LogP contribution < -0.4 is 20.5 Å². The average Bonchev–Trinajstić information content (AvgIpc) is 2.53. The molecule has 136 valence electrons. The van der Waals surface area contributed by atoms with Gasteiger partial charge in [0.05, 0.1) is 12.7 Å². The van der Waals surface area contributed by atoms with E-state index in [-0.39, 0.29) is 35.7 Å². The minimum Gasteiger partial charge on any atom is -0.490 e. The highest BCUT2D eigenvalue weighted by Crippen LogP contribution is 2.23. The van der Waals surface area contributed by atoms with Gasteiger partial charge in [0.25, 0.3) is 0 Å². The molecule has 3 N–H and O–H groups in total. The van der Waals surface area contributed by atoms with Crippen molar-refractivity contribution < 1.29 is 22.6 Å². The molecule has 0 saturated heterocycles. The lowest BCUT2D eigenvalue weighted by Crippen LogP contribution is -2.23. The number of aromatic nitrogens is 1. The van der Waals surface area contributed by atoms with Crippen LogP contribution in [0, 0.1) is 0 Å². The SMILES string of the molecule is I.NC(=NCCOc1cccnc1)Nc1ccc(OC(F)(F)F)cc1. The predicted octanol–water partition coefficient (Wildman–Crippen LogP) is 3.40. The number of aliphatic imine (C=N–C) groups is 1. The topological polar surface area (TPSA) is 81.8 Å². The van der Waals surface area contributed by atoms with Crippen molar-refractivity contribution in [1.29, 1.82) is 0 Å². The lowest BCUT2D eigenvalue weighted by atomic mass is 10.3. The summed E-state index contributed by atoms with van der Waals surface area (Å²) in [4.78, 5) is 7.95. The molecule has 2 aromatic rings. The fraction of sp³-hybridized carbons (Fsp3) is 0.200. The molecule has 1 heterocycles. The van der Waals surface area contributed by atoms with Crippen LogP contribution in [-0.4, -0.2) is 30.5 Å². The Morgan fingerprint density at radius 2 is 1.88 bits per heavy atom. The van der Waals surface area contributed by atoms with Crippen LogP contribution in [0.25, 0.3) is 0 Å². The molecule has 0 atom stereocenters. The van der Waals surface area contributed by atoms with E-state index in [0.29, 0.717) is 24.6 Å². The molecule has 0 amide bonds. The van der Waals surface area contributed by atoms with Gasteiger partial charge in [-0.1, -0.05) is 0 Å². The van der Waals surface area contributed by atoms with Crippen molar-refractivity contribution in [3.05, 3.63) is 48.8 Å². The second-order valence-corrected chi connectivity index (χ2v) is 4.50. The van der Waals surface area contributed by atoms with E-state index in [2.05, 4.69) is 20.0 Å². The van der Waals surface area contributed by atoms with E-state index in [1.54, 1.807) is 24.5 Å². The predicted molar refractivity (Wildman–Crippen MR) is 98.4 cm³/mol. The quantitative estimate of drug-likeness (QED) is 0.294. The van der Waals surface area contributed by atoms with Gasteiger partial charge in [0.1, 0.15) is 18.1 Å². The van der Waals surface area contributed by atoms with Crippen LogP contribution in [0.4, 0.5) is 18.9 Å². The molecule has 1 aromatic carbocycles. The number of pyridine rings is 1. The van der Waals surface area contributed by atoms with Crippen LogP contribution in [-0.2, 0) is 0 Å². The van der Waals surface area contributed by atoms with Gasteiger partial charge in [-0.2, -0.15) is 0 Å². The molecule has 0 aliphatic carbocycles. The maximum atomic E-state index is 12.1. The molecular formula is C15H16F3IN4O2. The number of benzene rings is 1. The Morgan fingerprint density at radius 3 is 2.48 bits per heavy atom. The third kappa shape index (κ3) is 8.42. The summed E-state index contributed by atoms with van der Waals surface area (Å²) in [6, 6.07) is 8.66. The first-order valence-electron chi connectivity index (χ1n) is 6.88. The Bertz CT molecular complexity index is 667. The summed E-state index contributed by atoms with van der Waals surface area (Å²) in [5.41, 5.74) is 6.17. The smallest absolute Gasteiger partial charge is 0.490 e. The molecule has 0 bridgehead atoms. The first kappa shape index (κ1) is 20.8. The molecule has 6 nitrogen and oxygen atoms in total. The number of nitrogens with two attached hydrogens (primary N) is 1. The van der Waals surface area contributed by atoms with E-state index < -0.39 is 6.36 Å². The standard InChI is InChI=1S/C15H15F3N4O2.HI/c16-15(17,18)24-12-5-3-11(4-6-12)22-14(19)21-8-9-23-13-2-1-7-20-10-13;/h1-7,10H,8-9H2,(H3,19,21,22);1H. The lowest BCUT2D eigenvalue weighted by Gasteiger charge is -2.10. The van der Waals surface area contributed by atoms with E-state index >= 15 is 0 Å². The molecule has 0 saturated carbocycles. The number of nitrogens with zero attached hydrogens (tertiary/aromatic N) is 2. The Balaban J connectivity index is 0.00000312. The number of nitrogens with one attached hydrogen (secondary N) is 1. The van der Waals surface area contributed by atoms with E-state index in [4.69, 9.17) is 10.5 Å². The molecular weight excluding hydrogens is 452 g/mol. The monoisotopic (exact) mass is 468 g/mol. The minimum atomic E-state index is -4.72. The summed E-state index contributed by atoms with van der Waals surface area (Å²) in [7, 11) is 0. The van der Waals surface area contributed by atoms with Gasteiger partial charge in [-0.25, -0.2) is 4.99 Å². The van der Waals surface area contributed by atoms with Gasteiger partial charge in [0, 0.05) is 11.9 Å². The van der Waals surface area contributed by atoms with E-state index in [1.807, 2.05) is 0 Å². The highest BCUT2D eigenvalue weighted by molar-refractivity contribution is 14.0. The second-order valence-electron chi connectivity index (χ2n) is 4.50. The largest absolute Gasteiger partial charge is 0.573 e. The first-order chi connectivity index (χ1) is 11.4. The maximum Gasteiger partial charge on any atom is 0.573 e. The zero-order chi connectivity index (χ0) is 17.4. The fourth-order valence-corrected chi connectivity index (χ4v) is 1.69. The Hall–Kier alpha value is -2.24. The number of hydrogen-bond donors (Lipinski definition) is 2. The summed E-state index contributed by atoms with van der Waals surface area (Å²) in [5, 5.41) is 2.75. The number of anilines is 1. The van der Waals surface area contributed by atoms with Gasteiger partial charge >= 0.3 is 6.36 Å². The van der Waals surface area contributed by atoms with Crippen LogP contribution >= 0.6 is 24.0 Å². The van der Waals surface area contributed by atoms with Gasteiger partial charge < -0.3 is 20.5 Å². The molecule has 0 radical (unpaired) electrons. The maximum absolute atomic E-state index is 12.1. The van der Waals surface area contributed by atoms with Gasteiger partial charge in [-0.05, 0) is 36.4 Å². The minimum absolute atomic E-state index is 0. The average molecular weight is 468 g/mol. The van der Waals surface area contributed by atoms with Crippen LogP contribution in [0.2, 0.25) is 0 Å². The highest BCUT2D eigenvalue weighted by Gasteiger charge is 2.30. The molecule has 0 fully saturated rings. The van der Waals surface area contributed by atoms with E-state index in [9.17, 15) is 13.2 Å². The van der Waals surface area contributed by atoms with Gasteiger partial charge in [-0.3, -0.25) is 4.98 Å². The summed E-state index contributed by atoms with van der Waals surface area (Å²) < 4.78 is 45.3. The molecule has 0 spiro atoms. The van der Waals surface area contributed by atoms with Crippen molar-refractivity contribution in [1.82, 2.24) is 4.98 Å². The van der Waals surface area contributed by atoms with Crippen LogP contribution in [0.1, 0.15) is 0 Å². The molecule has 0 aliphatic heterocycles. The lowest BCUT2D eigenvalue weighted by molar-refractivity contribution is -0.274. The van der Waals surface area contributed by atoms with Crippen LogP contribution in [0.15, 0.2) is 53.8 Å². The van der Waals surface area contributed by atoms with Crippen molar-refractivity contribution in [3.8, 4) is 11.5 Å². The van der Waals surface area contributed by atoms with Gasteiger partial charge in [0.15, 0.2) is 5.96 Å². The van der Waals surface area contributed by atoms with Crippen molar-refractivity contribution in [3.63, 3.8) is 0 Å². The normalized spacial score (nSPS) is 11.4. The van der Waals surface area contributed by atoms with Crippen molar-refractivity contribution in [2.75, 3.05) is 18.5 Å². The molecule has 10 heteroatoms. The van der Waals surface area contributed by atoms with E-state index in [1.165, 1.54) is 24.3 Å². The third-order valence-corrected chi connectivity index (χ3v) is 2.64. The third-order valence-electron chi connectivity index (χ3n) is 2.64. The molecule has 0 aliphatic rings. The van der Waals surface area contributed by atoms with Crippen molar-refractivity contribution >= 4 is 35.6 Å². The first-order valence-corrected chi connectivity index (χ1v) is 6.88. The highest BCUT2D eigenvalue weighted by atomic mass is 127. The molecule has 2 rings (SSSR count). The molecule has 0 unspecified atom stereocenters. The summed E-state index contributed by atoms with van der Waals surface area (Å²) in [5.74, 6) is 0.433. The van der Waals surface area contributed by atoms with Gasteiger partial charge in [-0.15, -0.1) is 37.1 Å². The summed E-state index contributed by atoms with van der Waals surface area (Å²) in [6.07, 6.45) is -1.50. The number of alkyl halides is 3. The van der Waals surface area contributed by atoms with Gasteiger partial charge in [0.2, 0.25) is 0 Å². The van der Waals surface area contributed by atoms with Crippen molar-refractivity contribution in [2.24, 2.45) is 10.7 Å². The summed E-state index contributed by atoms with van der Waals surface area (Å²) in [6.45, 7) is 0.620. The number of ether oxygens (including phenoxy) is 2.